The van der Waals surface area contributed by atoms with Gasteiger partial charge in [0.15, 0.2) is 0 Å². The maximum atomic E-state index is 6.17. The molecule has 0 aromatic heterocycles. The van der Waals surface area contributed by atoms with Crippen LogP contribution in [0.1, 0.15) is 17.5 Å². The van der Waals surface area contributed by atoms with Crippen LogP contribution in [-0.2, 0) is 11.2 Å². The van der Waals surface area contributed by atoms with E-state index in [0.717, 1.165) is 37.6 Å². The van der Waals surface area contributed by atoms with Gasteiger partial charge in [0, 0.05) is 18.7 Å². The summed E-state index contributed by atoms with van der Waals surface area (Å²) in [5.41, 5.74) is 2.39. The van der Waals surface area contributed by atoms with Crippen LogP contribution in [0, 0.1) is 6.92 Å². The molecule has 2 nitrogen and oxygen atoms in total. The Morgan fingerprint density at radius 3 is 2.83 bits per heavy atom. The summed E-state index contributed by atoms with van der Waals surface area (Å²) < 4.78 is 4.95. The molecular weight excluding hydrogens is 246 g/mol. The molecule has 1 aromatic rings. The summed E-state index contributed by atoms with van der Waals surface area (Å²) >= 11 is 6.17. The molecule has 0 heterocycles. The van der Waals surface area contributed by atoms with Crippen molar-refractivity contribution in [2.75, 3.05) is 26.8 Å². The summed E-state index contributed by atoms with van der Waals surface area (Å²) in [5, 5.41) is 4.16. The fraction of sp³-hybridized carbons (Fsp3) is 0.467. The van der Waals surface area contributed by atoms with E-state index in [2.05, 4.69) is 36.5 Å². The third kappa shape index (κ3) is 6.20. The Hall–Kier alpha value is -0.830. The van der Waals surface area contributed by atoms with Crippen molar-refractivity contribution in [3.8, 4) is 0 Å². The second-order valence-electron chi connectivity index (χ2n) is 4.30. The maximum Gasteiger partial charge on any atom is 0.0587 e. The van der Waals surface area contributed by atoms with Gasteiger partial charge in [-0.05, 0) is 43.5 Å². The molecule has 0 unspecified atom stereocenters. The highest BCUT2D eigenvalue weighted by molar-refractivity contribution is 6.31. The topological polar surface area (TPSA) is 21.3 Å². The van der Waals surface area contributed by atoms with Gasteiger partial charge < -0.3 is 10.1 Å². The lowest BCUT2D eigenvalue weighted by atomic mass is 10.1. The van der Waals surface area contributed by atoms with E-state index >= 15 is 0 Å². The van der Waals surface area contributed by atoms with Crippen LogP contribution in [0.3, 0.4) is 0 Å². The van der Waals surface area contributed by atoms with Gasteiger partial charge in [-0.1, -0.05) is 35.9 Å². The fourth-order valence-electron chi connectivity index (χ4n) is 1.63. The number of hydrogen-bond donors (Lipinski definition) is 1. The first kappa shape index (κ1) is 15.2. The maximum absolute atomic E-state index is 6.17. The highest BCUT2D eigenvalue weighted by Crippen LogP contribution is 2.18. The van der Waals surface area contributed by atoms with Gasteiger partial charge in [-0.15, -0.1) is 0 Å². The van der Waals surface area contributed by atoms with Crippen LogP contribution >= 0.6 is 11.6 Å². The third-order valence-corrected chi connectivity index (χ3v) is 3.04. The molecular formula is C15H22ClNO. The lowest BCUT2D eigenvalue weighted by Gasteiger charge is -2.02. The van der Waals surface area contributed by atoms with Gasteiger partial charge in [0.25, 0.3) is 0 Å². The second-order valence-corrected chi connectivity index (χ2v) is 4.71. The van der Waals surface area contributed by atoms with Crippen molar-refractivity contribution in [3.05, 3.63) is 46.5 Å². The van der Waals surface area contributed by atoms with Crippen molar-refractivity contribution in [1.29, 1.82) is 0 Å². The van der Waals surface area contributed by atoms with E-state index < -0.39 is 0 Å². The Balaban J connectivity index is 2.20. The molecule has 1 aromatic carbocycles. The number of ether oxygens (including phenoxy) is 1. The lowest BCUT2D eigenvalue weighted by Crippen LogP contribution is -2.19. The summed E-state index contributed by atoms with van der Waals surface area (Å²) in [5.74, 6) is 0. The van der Waals surface area contributed by atoms with Gasteiger partial charge in [0.05, 0.1) is 6.61 Å². The fourth-order valence-corrected chi connectivity index (χ4v) is 1.94. The van der Waals surface area contributed by atoms with E-state index in [0.29, 0.717) is 0 Å². The Bertz CT molecular complexity index is 377. The van der Waals surface area contributed by atoms with E-state index in [-0.39, 0.29) is 0 Å². The van der Waals surface area contributed by atoms with Crippen molar-refractivity contribution in [3.63, 3.8) is 0 Å². The summed E-state index contributed by atoms with van der Waals surface area (Å²) in [6, 6.07) is 6.21. The molecule has 0 aliphatic rings. The molecule has 0 atom stereocenters. The van der Waals surface area contributed by atoms with Crippen LogP contribution in [0.4, 0.5) is 0 Å². The highest BCUT2D eigenvalue weighted by atomic mass is 35.5. The number of allylic oxidation sites excluding steroid dienone is 1. The van der Waals surface area contributed by atoms with Gasteiger partial charge in [0.1, 0.15) is 0 Å². The van der Waals surface area contributed by atoms with Crippen LogP contribution < -0.4 is 5.32 Å². The molecule has 3 heteroatoms. The van der Waals surface area contributed by atoms with Crippen LogP contribution in [0.15, 0.2) is 30.4 Å². The van der Waals surface area contributed by atoms with Crippen molar-refractivity contribution >= 4 is 11.6 Å². The zero-order valence-electron chi connectivity index (χ0n) is 11.2. The SMILES string of the molecule is COCCNCC/C=C/Cc1ccc(C)cc1Cl. The highest BCUT2D eigenvalue weighted by Gasteiger charge is 1.97. The smallest absolute Gasteiger partial charge is 0.0587 e. The Morgan fingerprint density at radius 1 is 1.28 bits per heavy atom. The predicted octanol–water partition coefficient (Wildman–Crippen LogP) is 3.37. The second kappa shape index (κ2) is 9.15. The Kier molecular flexibility index (Phi) is 7.74. The molecule has 0 aliphatic carbocycles. The number of halogens is 1. The van der Waals surface area contributed by atoms with Crippen LogP contribution in [-0.4, -0.2) is 26.8 Å². The largest absolute Gasteiger partial charge is 0.383 e. The van der Waals surface area contributed by atoms with Crippen molar-refractivity contribution in [2.24, 2.45) is 0 Å². The minimum Gasteiger partial charge on any atom is -0.383 e. The molecule has 1 rings (SSSR count). The minimum absolute atomic E-state index is 0.767. The molecule has 0 bridgehead atoms. The third-order valence-electron chi connectivity index (χ3n) is 2.68. The summed E-state index contributed by atoms with van der Waals surface area (Å²) in [6.07, 6.45) is 6.30. The normalized spacial score (nSPS) is 11.3. The molecule has 0 spiro atoms. The summed E-state index contributed by atoms with van der Waals surface area (Å²) in [4.78, 5) is 0. The van der Waals surface area contributed by atoms with E-state index in [4.69, 9.17) is 16.3 Å². The molecule has 100 valence electrons. The minimum atomic E-state index is 0.767. The summed E-state index contributed by atoms with van der Waals surface area (Å²) in [6.45, 7) is 4.72. The van der Waals surface area contributed by atoms with Crippen LogP contribution in [0.2, 0.25) is 5.02 Å². The van der Waals surface area contributed by atoms with Gasteiger partial charge in [-0.25, -0.2) is 0 Å². The van der Waals surface area contributed by atoms with Crippen LogP contribution in [0.25, 0.3) is 0 Å². The number of nitrogens with one attached hydrogen (secondary N) is 1. The molecule has 1 N–H and O–H groups in total. The van der Waals surface area contributed by atoms with Crippen molar-refractivity contribution in [1.82, 2.24) is 5.32 Å². The van der Waals surface area contributed by atoms with E-state index in [1.165, 1.54) is 11.1 Å². The van der Waals surface area contributed by atoms with E-state index in [1.54, 1.807) is 7.11 Å². The molecule has 0 fully saturated rings. The predicted molar refractivity (Wildman–Crippen MR) is 78.4 cm³/mol. The summed E-state index contributed by atoms with van der Waals surface area (Å²) in [7, 11) is 1.72. The number of methoxy groups -OCH3 is 1. The molecule has 0 saturated heterocycles. The number of aryl methyl sites for hydroxylation is 1. The standard InChI is InChI=1S/C15H22ClNO/c1-13-7-8-14(15(16)12-13)6-4-3-5-9-17-10-11-18-2/h3-4,7-8,12,17H,5-6,9-11H2,1-2H3/b4-3+. The zero-order chi connectivity index (χ0) is 13.2. The number of rotatable bonds is 8. The molecule has 0 radical (unpaired) electrons. The zero-order valence-corrected chi connectivity index (χ0v) is 12.0. The quantitative estimate of drug-likeness (QED) is 0.576. The van der Waals surface area contributed by atoms with E-state index in [9.17, 15) is 0 Å². The molecule has 0 saturated carbocycles. The molecule has 0 amide bonds. The average Bonchev–Trinajstić information content (AvgIpc) is 2.35. The number of benzene rings is 1. The van der Waals surface area contributed by atoms with Gasteiger partial charge in [0.2, 0.25) is 0 Å². The monoisotopic (exact) mass is 267 g/mol. The van der Waals surface area contributed by atoms with Gasteiger partial charge >= 0.3 is 0 Å². The molecule has 0 aliphatic heterocycles. The van der Waals surface area contributed by atoms with E-state index in [1.807, 2.05) is 6.07 Å². The first-order valence-electron chi connectivity index (χ1n) is 6.33. The average molecular weight is 268 g/mol. The first-order chi connectivity index (χ1) is 8.74. The van der Waals surface area contributed by atoms with Crippen molar-refractivity contribution in [2.45, 2.75) is 19.8 Å². The molecule has 18 heavy (non-hydrogen) atoms. The van der Waals surface area contributed by atoms with Crippen molar-refractivity contribution < 1.29 is 4.74 Å². The first-order valence-corrected chi connectivity index (χ1v) is 6.71. The Labute approximate surface area is 115 Å². The van der Waals surface area contributed by atoms with Gasteiger partial charge in [-0.2, -0.15) is 0 Å². The van der Waals surface area contributed by atoms with Gasteiger partial charge in [-0.3, -0.25) is 0 Å². The Morgan fingerprint density at radius 2 is 2.11 bits per heavy atom. The lowest BCUT2D eigenvalue weighted by molar-refractivity contribution is 0.199. The van der Waals surface area contributed by atoms with Crippen LogP contribution in [0.5, 0.6) is 0 Å². The number of hydrogen-bond acceptors (Lipinski definition) is 2.